The predicted molar refractivity (Wildman–Crippen MR) is 93.1 cm³/mol. The summed E-state index contributed by atoms with van der Waals surface area (Å²) in [5.74, 6) is -0.0910. The van der Waals surface area contributed by atoms with Crippen molar-refractivity contribution in [2.75, 3.05) is 0 Å². The van der Waals surface area contributed by atoms with Crippen molar-refractivity contribution in [1.82, 2.24) is 9.88 Å². The van der Waals surface area contributed by atoms with Gasteiger partial charge < -0.3 is 14.8 Å². The molecule has 1 atom stereocenters. The van der Waals surface area contributed by atoms with Crippen LogP contribution in [0.4, 0.5) is 13.6 Å². The zero-order valence-electron chi connectivity index (χ0n) is 14.6. The van der Waals surface area contributed by atoms with Gasteiger partial charge in [0.25, 0.3) is 0 Å². The van der Waals surface area contributed by atoms with Crippen LogP contribution in [-0.2, 0) is 0 Å². The second-order valence-corrected chi connectivity index (χ2v) is 7.26. The van der Waals surface area contributed by atoms with Crippen LogP contribution in [0.15, 0.2) is 29.4 Å². The number of aryl methyl sites for hydroxylation is 1. The fourth-order valence-corrected chi connectivity index (χ4v) is 3.47. The number of aromatic nitrogens is 1. The second kappa shape index (κ2) is 7.06. The van der Waals surface area contributed by atoms with Crippen molar-refractivity contribution in [3.05, 3.63) is 34.1 Å². The molecule has 0 aliphatic carbocycles. The third-order valence-electron chi connectivity index (χ3n) is 3.72. The van der Waals surface area contributed by atoms with Crippen LogP contribution in [0.2, 0.25) is 0 Å². The maximum Gasteiger partial charge on any atom is 0.586 e. The van der Waals surface area contributed by atoms with Gasteiger partial charge in [-0.3, -0.25) is 4.57 Å². The highest BCUT2D eigenvalue weighted by atomic mass is 32.1. The van der Waals surface area contributed by atoms with Gasteiger partial charge >= 0.3 is 12.3 Å². The summed E-state index contributed by atoms with van der Waals surface area (Å²) in [6.07, 6.45) is -0.0664. The highest BCUT2D eigenvalue weighted by molar-refractivity contribution is 7.09. The second-order valence-electron chi connectivity index (χ2n) is 6.04. The molecule has 0 bridgehead atoms. The molecule has 1 aliphatic rings. The molecular weight excluding hydrogens is 364 g/mol. The Morgan fingerprint density at radius 2 is 2.12 bits per heavy atom. The molecule has 0 spiro atoms. The van der Waals surface area contributed by atoms with Crippen LogP contribution >= 0.6 is 11.3 Å². The van der Waals surface area contributed by atoms with Crippen LogP contribution in [0.1, 0.15) is 31.6 Å². The first kappa shape index (κ1) is 18.4. The number of nitrogens with zero attached hydrogens (tertiary/aromatic N) is 2. The summed E-state index contributed by atoms with van der Waals surface area (Å²) in [7, 11) is 0. The molecule has 1 aromatic heterocycles. The smallest absolute Gasteiger partial charge is 0.395 e. The maximum atomic E-state index is 13.2. The Labute approximate surface area is 153 Å². The fraction of sp³-hybridized carbons (Fsp3) is 0.412. The summed E-state index contributed by atoms with van der Waals surface area (Å²) in [6, 6.07) is 4.02. The lowest BCUT2D eigenvalue weighted by Gasteiger charge is -2.09. The molecule has 6 nitrogen and oxygen atoms in total. The van der Waals surface area contributed by atoms with Gasteiger partial charge in [-0.1, -0.05) is 13.3 Å². The number of ether oxygens (including phenoxy) is 2. The summed E-state index contributed by atoms with van der Waals surface area (Å²) in [5, 5.41) is 2.81. The first-order valence-corrected chi connectivity index (χ1v) is 9.03. The molecule has 2 heterocycles. The number of benzene rings is 1. The van der Waals surface area contributed by atoms with Gasteiger partial charge in [0, 0.05) is 23.2 Å². The molecule has 3 rings (SSSR count). The monoisotopic (exact) mass is 383 g/mol. The van der Waals surface area contributed by atoms with Gasteiger partial charge in [0.2, 0.25) is 0 Å². The lowest BCUT2D eigenvalue weighted by molar-refractivity contribution is -0.286. The number of urea groups is 1. The summed E-state index contributed by atoms with van der Waals surface area (Å²) >= 11 is 1.33. The Morgan fingerprint density at radius 3 is 2.85 bits per heavy atom. The number of alkyl halides is 2. The lowest BCUT2D eigenvalue weighted by Crippen LogP contribution is -2.31. The van der Waals surface area contributed by atoms with E-state index in [1.54, 1.807) is 16.8 Å². The molecule has 0 saturated heterocycles. The average Bonchev–Trinajstić information content (AvgIpc) is 3.03. The number of thiazole rings is 1. The van der Waals surface area contributed by atoms with E-state index in [0.717, 1.165) is 17.7 Å². The minimum atomic E-state index is -3.67. The number of rotatable bonds is 4. The molecule has 1 aromatic carbocycles. The van der Waals surface area contributed by atoms with Crippen LogP contribution in [0.3, 0.4) is 0 Å². The Morgan fingerprint density at radius 1 is 1.38 bits per heavy atom. The molecule has 9 heteroatoms. The van der Waals surface area contributed by atoms with E-state index < -0.39 is 12.3 Å². The minimum absolute atomic E-state index is 0.0264. The summed E-state index contributed by atoms with van der Waals surface area (Å²) in [5.41, 5.74) is 0.544. The van der Waals surface area contributed by atoms with Gasteiger partial charge in [-0.15, -0.1) is 20.1 Å². The van der Waals surface area contributed by atoms with E-state index in [1.807, 2.05) is 20.8 Å². The molecule has 1 N–H and O–H groups in total. The van der Waals surface area contributed by atoms with Gasteiger partial charge in [0.15, 0.2) is 16.3 Å². The van der Waals surface area contributed by atoms with E-state index in [4.69, 9.17) is 0 Å². The molecule has 26 heavy (non-hydrogen) atoms. The number of nitrogens with one attached hydrogen (secondary N) is 1. The topological polar surface area (TPSA) is 64.9 Å². The predicted octanol–water partition coefficient (Wildman–Crippen LogP) is 3.97. The van der Waals surface area contributed by atoms with Crippen molar-refractivity contribution in [3.63, 3.8) is 0 Å². The fourth-order valence-electron chi connectivity index (χ4n) is 2.64. The normalized spacial score (nSPS) is 16.6. The highest BCUT2D eigenvalue weighted by Gasteiger charge is 2.43. The molecule has 0 fully saturated rings. The number of hydrogen-bond donors (Lipinski definition) is 1. The molecule has 2 aromatic rings. The third-order valence-corrected chi connectivity index (χ3v) is 4.62. The largest absolute Gasteiger partial charge is 0.586 e. The van der Waals surface area contributed by atoms with Crippen LogP contribution < -0.4 is 19.6 Å². The van der Waals surface area contributed by atoms with Gasteiger partial charge in [0.1, 0.15) is 0 Å². The SMILES string of the molecule is CCCC(C)NC(=O)/N=c1\sc(C)cn1-c1ccc2c(c1)OC(F)(F)O2. The van der Waals surface area contributed by atoms with Gasteiger partial charge in [-0.05, 0) is 32.4 Å². The summed E-state index contributed by atoms with van der Waals surface area (Å²) in [4.78, 5) is 17.6. The Bertz CT molecular complexity index is 892. The summed E-state index contributed by atoms with van der Waals surface area (Å²) in [6.45, 7) is 5.83. The molecule has 0 saturated carbocycles. The maximum absolute atomic E-state index is 13.2. The number of fused-ring (bicyclic) bond motifs is 1. The van der Waals surface area contributed by atoms with E-state index in [-0.39, 0.29) is 17.5 Å². The third kappa shape index (κ3) is 4.04. The first-order chi connectivity index (χ1) is 12.3. The highest BCUT2D eigenvalue weighted by Crippen LogP contribution is 2.41. The number of carbonyl (C=O) groups excluding carboxylic acids is 1. The van der Waals surface area contributed by atoms with Gasteiger partial charge in [0.05, 0.1) is 5.69 Å². The van der Waals surface area contributed by atoms with E-state index >= 15 is 0 Å². The van der Waals surface area contributed by atoms with Crippen molar-refractivity contribution < 1.29 is 23.0 Å². The van der Waals surface area contributed by atoms with Crippen molar-refractivity contribution >= 4 is 17.4 Å². The molecule has 2 amide bonds. The van der Waals surface area contributed by atoms with E-state index in [2.05, 4.69) is 19.8 Å². The molecule has 0 radical (unpaired) electrons. The van der Waals surface area contributed by atoms with Crippen molar-refractivity contribution in [2.24, 2.45) is 4.99 Å². The Hall–Kier alpha value is -2.42. The van der Waals surface area contributed by atoms with Crippen LogP contribution in [0.5, 0.6) is 11.5 Å². The quantitative estimate of drug-likeness (QED) is 0.869. The zero-order valence-corrected chi connectivity index (χ0v) is 15.4. The number of hydrogen-bond acceptors (Lipinski definition) is 4. The van der Waals surface area contributed by atoms with Gasteiger partial charge in [-0.2, -0.15) is 4.99 Å². The van der Waals surface area contributed by atoms with E-state index in [9.17, 15) is 13.6 Å². The average molecular weight is 383 g/mol. The summed E-state index contributed by atoms with van der Waals surface area (Å²) < 4.78 is 36.9. The Kier molecular flexibility index (Phi) is 4.99. The first-order valence-electron chi connectivity index (χ1n) is 8.22. The minimum Gasteiger partial charge on any atom is -0.395 e. The molecule has 140 valence electrons. The van der Waals surface area contributed by atoms with Crippen molar-refractivity contribution in [3.8, 4) is 17.2 Å². The van der Waals surface area contributed by atoms with E-state index in [0.29, 0.717) is 10.5 Å². The zero-order chi connectivity index (χ0) is 18.9. The van der Waals surface area contributed by atoms with Crippen LogP contribution in [-0.4, -0.2) is 22.9 Å². The van der Waals surface area contributed by atoms with Crippen molar-refractivity contribution in [1.29, 1.82) is 0 Å². The molecule has 1 unspecified atom stereocenters. The number of amides is 2. The molecule has 1 aliphatic heterocycles. The Balaban J connectivity index is 1.91. The molecular formula is C17H19F2N3O3S. The number of carbonyl (C=O) groups is 1. The van der Waals surface area contributed by atoms with Crippen molar-refractivity contribution in [2.45, 2.75) is 45.9 Å². The lowest BCUT2D eigenvalue weighted by atomic mass is 10.2. The van der Waals surface area contributed by atoms with Crippen LogP contribution in [0, 0.1) is 6.92 Å². The number of halogens is 2. The van der Waals surface area contributed by atoms with Crippen LogP contribution in [0.25, 0.3) is 5.69 Å². The van der Waals surface area contributed by atoms with Gasteiger partial charge in [-0.25, -0.2) is 4.79 Å². The standard InChI is InChI=1S/C17H19F2N3O3S/c1-4-5-10(2)20-15(23)21-16-22(9-11(3)26-16)12-6-7-13-14(8-12)25-17(18,19)24-13/h6-10H,4-5H2,1-3H3,(H,20,23)/b21-16-. The van der Waals surface area contributed by atoms with E-state index in [1.165, 1.54) is 23.5 Å².